The Morgan fingerprint density at radius 3 is 2.44 bits per heavy atom. The Morgan fingerprint density at radius 1 is 1.36 bits per heavy atom. The molecule has 0 atom stereocenters. The monoisotopic (exact) mass is 395 g/mol. The van der Waals surface area contributed by atoms with Gasteiger partial charge in [0.15, 0.2) is 17.2 Å². The normalized spacial score (nSPS) is 11.2. The first-order valence-corrected chi connectivity index (χ1v) is 7.52. The molecule has 0 saturated carbocycles. The average molecular weight is 395 g/mol. The number of hydrogen-bond donors (Lipinski definition) is 2. The molecule has 135 valence electrons. The van der Waals surface area contributed by atoms with Crippen LogP contribution in [0.25, 0.3) is 0 Å². The zero-order valence-electron chi connectivity index (χ0n) is 13.0. The molecule has 0 fully saturated rings. The number of halogens is 3. The molecule has 0 aliphatic heterocycles. The number of carbonyl (C=O) groups excluding carboxylic acids is 2. The molecule has 1 heterocycles. The van der Waals surface area contributed by atoms with E-state index in [1.165, 1.54) is 0 Å². The van der Waals surface area contributed by atoms with E-state index in [-0.39, 0.29) is 36.2 Å². The first kappa shape index (κ1) is 23.4. The summed E-state index contributed by atoms with van der Waals surface area (Å²) in [6.45, 7) is 1.09. The van der Waals surface area contributed by atoms with Crippen LogP contribution in [0.15, 0.2) is 12.3 Å². The van der Waals surface area contributed by atoms with Gasteiger partial charge in [0.1, 0.15) is 6.54 Å². The van der Waals surface area contributed by atoms with Gasteiger partial charge in [0.25, 0.3) is 5.91 Å². The number of aromatic hydroxyl groups is 1. The summed E-state index contributed by atoms with van der Waals surface area (Å²) in [6.07, 6.45) is 0.488. The number of amides is 1. The Bertz CT molecular complexity index is 740. The van der Waals surface area contributed by atoms with Gasteiger partial charge >= 0.3 is 21.6 Å². The Morgan fingerprint density at radius 2 is 1.96 bits per heavy atom. The van der Waals surface area contributed by atoms with Crippen LogP contribution in [0, 0.1) is 0 Å². The zero-order valence-corrected chi connectivity index (χ0v) is 15.8. The third-order valence-electron chi connectivity index (χ3n) is 2.25. The fraction of sp³-hybridized carbons (Fsp3) is 0.364. The molecule has 0 spiro atoms. The molecule has 14 heteroatoms. The van der Waals surface area contributed by atoms with E-state index in [2.05, 4.69) is 13.9 Å². The van der Waals surface area contributed by atoms with Crippen LogP contribution in [0.4, 0.5) is 13.2 Å². The van der Waals surface area contributed by atoms with E-state index >= 15 is 0 Å². The van der Waals surface area contributed by atoms with Gasteiger partial charge in [-0.2, -0.15) is 21.6 Å². The summed E-state index contributed by atoms with van der Waals surface area (Å²) in [5.74, 6) is -3.70. The van der Waals surface area contributed by atoms with Gasteiger partial charge < -0.3 is 19.3 Å². The van der Waals surface area contributed by atoms with Crippen molar-refractivity contribution in [3.05, 3.63) is 18.0 Å². The molecule has 1 radical (unpaired) electrons. The molecular weight excluding hydrogens is 384 g/mol. The number of rotatable bonds is 6. The van der Waals surface area contributed by atoms with E-state index in [1.807, 2.05) is 5.32 Å². The quantitative estimate of drug-likeness (QED) is 0.296. The van der Waals surface area contributed by atoms with Crippen LogP contribution in [0.5, 0.6) is 11.5 Å². The summed E-state index contributed by atoms with van der Waals surface area (Å²) in [6, 6.07) is 0.454. The Hall–Kier alpha value is -1.57. The summed E-state index contributed by atoms with van der Waals surface area (Å²) < 4.78 is 66.4. The predicted octanol–water partition coefficient (Wildman–Crippen LogP) is -0.0723. The zero-order chi connectivity index (χ0) is 18.5. The van der Waals surface area contributed by atoms with Gasteiger partial charge in [-0.25, -0.2) is 4.98 Å². The number of nitrogens with zero attached hydrogens (tertiary/aromatic N) is 1. The van der Waals surface area contributed by atoms with Crippen molar-refractivity contribution in [3.63, 3.8) is 0 Å². The van der Waals surface area contributed by atoms with Gasteiger partial charge in [-0.1, -0.05) is 0 Å². The maximum absolute atomic E-state index is 12.2. The van der Waals surface area contributed by atoms with Crippen molar-refractivity contribution >= 4 is 51.6 Å². The first-order chi connectivity index (χ1) is 11.0. The fourth-order valence-corrected chi connectivity index (χ4v) is 1.72. The van der Waals surface area contributed by atoms with Crippen LogP contribution >= 0.6 is 0 Å². The molecule has 25 heavy (non-hydrogen) atoms. The molecule has 1 aromatic heterocycles. The molecule has 1 rings (SSSR count). The Labute approximate surface area is 161 Å². The number of alkyl halides is 3. The number of carbonyl (C=O) groups is 2. The molecule has 2 N–H and O–H groups in total. The van der Waals surface area contributed by atoms with Gasteiger partial charge in [-0.15, -0.1) is 0 Å². The number of aromatic nitrogens is 1. The largest absolute Gasteiger partial charge is 0.534 e. The van der Waals surface area contributed by atoms with Crippen molar-refractivity contribution in [3.8, 4) is 11.5 Å². The van der Waals surface area contributed by atoms with E-state index in [1.54, 1.807) is 6.92 Å². The molecule has 0 unspecified atom stereocenters. The minimum Gasteiger partial charge on any atom is -0.505 e. The van der Waals surface area contributed by atoms with E-state index < -0.39 is 51.2 Å². The molecule has 0 aromatic carbocycles. The van der Waals surface area contributed by atoms with Crippen LogP contribution in [0.1, 0.15) is 17.4 Å². The molecule has 0 aliphatic rings. The van der Waals surface area contributed by atoms with E-state index in [0.717, 1.165) is 0 Å². The average Bonchev–Trinajstić information content (AvgIpc) is 2.43. The Balaban J connectivity index is 0.00000576. The second-order valence-corrected chi connectivity index (χ2v) is 5.55. The van der Waals surface area contributed by atoms with Gasteiger partial charge in [0.2, 0.25) is 0 Å². The van der Waals surface area contributed by atoms with Crippen molar-refractivity contribution in [2.24, 2.45) is 0 Å². The number of pyridine rings is 1. The molecule has 1 aromatic rings. The second-order valence-electron chi connectivity index (χ2n) is 4.01. The Kier molecular flexibility index (Phi) is 8.64. The van der Waals surface area contributed by atoms with Gasteiger partial charge in [-0.05, 0) is 6.92 Å². The van der Waals surface area contributed by atoms with Gasteiger partial charge in [0, 0.05) is 35.6 Å². The molecule has 1 amide bonds. The summed E-state index contributed by atoms with van der Waals surface area (Å²) in [7, 11) is -5.94. The number of ether oxygens (including phenoxy) is 1. The van der Waals surface area contributed by atoms with Crippen molar-refractivity contribution in [2.75, 3.05) is 13.2 Å². The van der Waals surface area contributed by atoms with Gasteiger partial charge in [0.05, 0.1) is 12.8 Å². The smallest absolute Gasteiger partial charge is 0.505 e. The van der Waals surface area contributed by atoms with Crippen molar-refractivity contribution in [2.45, 2.75) is 12.4 Å². The van der Waals surface area contributed by atoms with Crippen LogP contribution in [0.2, 0.25) is 0 Å². The van der Waals surface area contributed by atoms with Crippen molar-refractivity contribution in [1.82, 2.24) is 10.3 Å². The van der Waals surface area contributed by atoms with Crippen LogP contribution < -0.4 is 9.50 Å². The topological polar surface area (TPSA) is 132 Å². The number of esters is 1. The number of hydrogen-bond acceptors (Lipinski definition) is 8. The van der Waals surface area contributed by atoms with E-state index in [9.17, 15) is 36.3 Å². The van der Waals surface area contributed by atoms with Crippen LogP contribution in [0.3, 0.4) is 0 Å². The molecular formula is C11H11F3N2NaO7S. The second kappa shape index (κ2) is 9.22. The SMILES string of the molecule is CCOC(=O)CNC(=O)c1ncc(OS(=O)(=O)C(F)(F)F)cc1O.[Na]. The minimum absolute atomic E-state index is 0. The molecule has 0 aliphatic carbocycles. The first-order valence-electron chi connectivity index (χ1n) is 6.11. The minimum atomic E-state index is -5.94. The number of nitrogens with one attached hydrogen (secondary N) is 1. The summed E-state index contributed by atoms with van der Waals surface area (Å²) >= 11 is 0. The van der Waals surface area contributed by atoms with Gasteiger partial charge in [-0.3, -0.25) is 9.59 Å². The molecule has 9 nitrogen and oxygen atoms in total. The van der Waals surface area contributed by atoms with Crippen LogP contribution in [-0.4, -0.2) is 78.6 Å². The third kappa shape index (κ3) is 6.68. The maximum atomic E-state index is 12.2. The van der Waals surface area contributed by atoms with E-state index in [4.69, 9.17) is 0 Å². The molecule has 0 saturated heterocycles. The van der Waals surface area contributed by atoms with E-state index in [0.29, 0.717) is 12.3 Å². The van der Waals surface area contributed by atoms with Crippen molar-refractivity contribution in [1.29, 1.82) is 0 Å². The summed E-state index contributed by atoms with van der Waals surface area (Å²) in [4.78, 5) is 26.0. The summed E-state index contributed by atoms with van der Waals surface area (Å²) in [5.41, 5.74) is -6.32. The molecule has 0 bridgehead atoms. The standard InChI is InChI=1S/C11H11F3N2O7S.Na/c1-2-22-8(18)5-16-10(19)9-7(17)3-6(4-15-9)23-24(20,21)11(12,13)14;/h3-4,17H,2,5H2,1H3,(H,16,19);. The van der Waals surface area contributed by atoms with Crippen LogP contribution in [-0.2, 0) is 19.6 Å². The third-order valence-corrected chi connectivity index (χ3v) is 3.22. The fourth-order valence-electron chi connectivity index (χ4n) is 1.28. The van der Waals surface area contributed by atoms with Crippen molar-refractivity contribution < 1.29 is 45.2 Å². The predicted molar refractivity (Wildman–Crippen MR) is 76.2 cm³/mol. The summed E-state index contributed by atoms with van der Waals surface area (Å²) in [5, 5.41) is 11.6. The maximum Gasteiger partial charge on any atom is 0.534 e.